The monoisotopic (exact) mass is 356 g/mol. The van der Waals surface area contributed by atoms with E-state index in [2.05, 4.69) is 27.0 Å². The van der Waals surface area contributed by atoms with Crippen molar-refractivity contribution in [2.24, 2.45) is 0 Å². The summed E-state index contributed by atoms with van der Waals surface area (Å²) in [6.07, 6.45) is 1.22. The molecule has 0 bridgehead atoms. The molecule has 1 fully saturated rings. The van der Waals surface area contributed by atoms with Crippen molar-refractivity contribution in [3.8, 4) is 5.75 Å². The van der Waals surface area contributed by atoms with Crippen molar-refractivity contribution in [3.63, 3.8) is 0 Å². The van der Waals surface area contributed by atoms with Crippen molar-refractivity contribution < 1.29 is 13.9 Å². The largest absolute Gasteiger partial charge is 0.493 e. The zero-order valence-corrected chi connectivity index (χ0v) is 14.8. The zero-order valence-electron chi connectivity index (χ0n) is 14.0. The van der Waals surface area contributed by atoms with E-state index in [1.807, 2.05) is 18.2 Å². The molecule has 25 heavy (non-hydrogen) atoms. The number of carbonyl (C=O) groups excluding carboxylic acids is 1. The topological polar surface area (TPSA) is 54.7 Å². The number of carbonyl (C=O) groups is 1. The Balaban J connectivity index is 1.49. The van der Waals surface area contributed by atoms with Crippen molar-refractivity contribution in [3.05, 3.63) is 52.4 Å². The lowest BCUT2D eigenvalue weighted by molar-refractivity contribution is 0.0863. The van der Waals surface area contributed by atoms with Crippen LogP contribution in [0.2, 0.25) is 0 Å². The molecule has 1 aliphatic heterocycles. The molecule has 3 aromatic rings. The first-order chi connectivity index (χ1) is 12.3. The number of hydrogen-bond donors (Lipinski definition) is 1. The van der Waals surface area contributed by atoms with Gasteiger partial charge in [0.1, 0.15) is 0 Å². The molecule has 1 atom stereocenters. The minimum absolute atomic E-state index is 0.195. The lowest BCUT2D eigenvalue weighted by Crippen LogP contribution is -2.44. The molecule has 1 N–H and O–H groups in total. The highest BCUT2D eigenvalue weighted by atomic mass is 32.1. The molecule has 6 heteroatoms. The molecule has 0 unspecified atom stereocenters. The van der Waals surface area contributed by atoms with Crippen LogP contribution < -0.4 is 10.1 Å². The van der Waals surface area contributed by atoms with Gasteiger partial charge in [-0.25, -0.2) is 0 Å². The standard InChI is InChI=1S/C19H20N2O3S/c1-23-16-5-2-4-13-10-17(24-18(13)16)19(22)20-11-15(21-7-3-8-21)14-6-9-25-12-14/h2,4-6,9-10,12,15H,3,7-8,11H2,1H3,(H,20,22)/t15-/m1/s1. The second-order valence-corrected chi connectivity index (χ2v) is 6.94. The quantitative estimate of drug-likeness (QED) is 0.732. The van der Waals surface area contributed by atoms with E-state index in [4.69, 9.17) is 9.15 Å². The number of thiophene rings is 1. The van der Waals surface area contributed by atoms with Gasteiger partial charge in [-0.1, -0.05) is 12.1 Å². The average molecular weight is 356 g/mol. The number of para-hydroxylation sites is 1. The highest BCUT2D eigenvalue weighted by Gasteiger charge is 2.26. The molecule has 0 aliphatic carbocycles. The van der Waals surface area contributed by atoms with Gasteiger partial charge in [-0.2, -0.15) is 11.3 Å². The number of furan rings is 1. The van der Waals surface area contributed by atoms with Gasteiger partial charge in [0.05, 0.1) is 13.2 Å². The number of nitrogens with zero attached hydrogens (tertiary/aromatic N) is 1. The Morgan fingerprint density at radius 3 is 2.96 bits per heavy atom. The Hall–Kier alpha value is -2.31. The fourth-order valence-electron chi connectivity index (χ4n) is 3.16. The number of benzene rings is 1. The number of methoxy groups -OCH3 is 1. The van der Waals surface area contributed by atoms with E-state index in [9.17, 15) is 4.79 Å². The number of rotatable bonds is 6. The smallest absolute Gasteiger partial charge is 0.287 e. The summed E-state index contributed by atoms with van der Waals surface area (Å²) in [6.45, 7) is 2.74. The van der Waals surface area contributed by atoms with Crippen LogP contribution >= 0.6 is 11.3 Å². The summed E-state index contributed by atoms with van der Waals surface area (Å²) in [6, 6.07) is 9.73. The Morgan fingerprint density at radius 2 is 2.28 bits per heavy atom. The molecule has 130 valence electrons. The maximum absolute atomic E-state index is 12.6. The fourth-order valence-corrected chi connectivity index (χ4v) is 3.87. The first-order valence-corrected chi connectivity index (χ1v) is 9.31. The highest BCUT2D eigenvalue weighted by molar-refractivity contribution is 7.07. The third-order valence-corrected chi connectivity index (χ3v) is 5.37. The van der Waals surface area contributed by atoms with Gasteiger partial charge in [-0.3, -0.25) is 9.69 Å². The highest BCUT2D eigenvalue weighted by Crippen LogP contribution is 2.29. The first kappa shape index (κ1) is 16.2. The van der Waals surface area contributed by atoms with E-state index in [1.165, 1.54) is 12.0 Å². The molecule has 0 saturated carbocycles. The molecular formula is C19H20N2O3S. The maximum atomic E-state index is 12.6. The Bertz CT molecular complexity index is 868. The summed E-state index contributed by atoms with van der Waals surface area (Å²) in [5, 5.41) is 8.12. The average Bonchev–Trinajstić information content (AvgIpc) is 3.24. The lowest BCUT2D eigenvalue weighted by Gasteiger charge is -2.38. The summed E-state index contributed by atoms with van der Waals surface area (Å²) in [4.78, 5) is 14.9. The van der Waals surface area contributed by atoms with Crippen molar-refractivity contribution in [2.75, 3.05) is 26.7 Å². The summed E-state index contributed by atoms with van der Waals surface area (Å²) in [5.41, 5.74) is 1.86. The number of likely N-dealkylation sites (tertiary alicyclic amines) is 1. The summed E-state index contributed by atoms with van der Waals surface area (Å²) >= 11 is 1.69. The van der Waals surface area contributed by atoms with Crippen molar-refractivity contribution in [1.82, 2.24) is 10.2 Å². The van der Waals surface area contributed by atoms with E-state index >= 15 is 0 Å². The van der Waals surface area contributed by atoms with Crippen LogP contribution in [0.25, 0.3) is 11.0 Å². The SMILES string of the molecule is COc1cccc2cc(C(=O)NC[C@H](c3ccsc3)N3CCC3)oc12. The molecule has 1 saturated heterocycles. The van der Waals surface area contributed by atoms with Gasteiger partial charge >= 0.3 is 0 Å². The Morgan fingerprint density at radius 1 is 1.40 bits per heavy atom. The molecule has 2 aromatic heterocycles. The van der Waals surface area contributed by atoms with Gasteiger partial charge in [-0.05, 0) is 40.9 Å². The molecule has 3 heterocycles. The second kappa shape index (κ2) is 6.90. The molecule has 5 nitrogen and oxygen atoms in total. The Labute approximate surface area is 150 Å². The third-order valence-electron chi connectivity index (χ3n) is 4.67. The molecule has 1 amide bonds. The van der Waals surface area contributed by atoms with Crippen LogP contribution in [0.5, 0.6) is 5.75 Å². The number of hydrogen-bond acceptors (Lipinski definition) is 5. The van der Waals surface area contributed by atoms with Crippen LogP contribution in [0.3, 0.4) is 0 Å². The number of fused-ring (bicyclic) bond motifs is 1. The van der Waals surface area contributed by atoms with E-state index in [-0.39, 0.29) is 11.9 Å². The second-order valence-electron chi connectivity index (χ2n) is 6.16. The van der Waals surface area contributed by atoms with Gasteiger partial charge in [0.15, 0.2) is 17.1 Å². The van der Waals surface area contributed by atoms with E-state index in [0.717, 1.165) is 18.5 Å². The molecule has 1 aromatic carbocycles. The van der Waals surface area contributed by atoms with Crippen LogP contribution in [-0.2, 0) is 0 Å². The number of nitrogens with one attached hydrogen (secondary N) is 1. The summed E-state index contributed by atoms with van der Waals surface area (Å²) < 4.78 is 11.0. The van der Waals surface area contributed by atoms with Crippen molar-refractivity contribution in [2.45, 2.75) is 12.5 Å². The lowest BCUT2D eigenvalue weighted by atomic mass is 10.0. The van der Waals surface area contributed by atoms with Crippen molar-refractivity contribution in [1.29, 1.82) is 0 Å². The minimum atomic E-state index is -0.195. The summed E-state index contributed by atoms with van der Waals surface area (Å²) in [7, 11) is 1.59. The molecule has 0 radical (unpaired) electrons. The first-order valence-electron chi connectivity index (χ1n) is 8.37. The third kappa shape index (κ3) is 3.15. The Kier molecular flexibility index (Phi) is 4.46. The van der Waals surface area contributed by atoms with Crippen LogP contribution in [0.1, 0.15) is 28.6 Å². The minimum Gasteiger partial charge on any atom is -0.493 e. The maximum Gasteiger partial charge on any atom is 0.287 e. The van der Waals surface area contributed by atoms with Gasteiger partial charge in [0, 0.05) is 25.0 Å². The molecular weight excluding hydrogens is 336 g/mol. The van der Waals surface area contributed by atoms with Crippen LogP contribution in [0, 0.1) is 0 Å². The molecule has 4 rings (SSSR count). The van der Waals surface area contributed by atoms with E-state index in [1.54, 1.807) is 24.5 Å². The van der Waals surface area contributed by atoms with Gasteiger partial charge in [0.2, 0.25) is 0 Å². The summed E-state index contributed by atoms with van der Waals surface area (Å²) in [5.74, 6) is 0.750. The fraction of sp³-hybridized carbons (Fsp3) is 0.316. The van der Waals surface area contributed by atoms with Crippen LogP contribution in [0.15, 0.2) is 45.5 Å². The van der Waals surface area contributed by atoms with Gasteiger partial charge in [0.25, 0.3) is 5.91 Å². The predicted molar refractivity (Wildman–Crippen MR) is 98.3 cm³/mol. The zero-order chi connectivity index (χ0) is 17.2. The normalized spacial score (nSPS) is 15.7. The van der Waals surface area contributed by atoms with Gasteiger partial charge < -0.3 is 14.5 Å². The van der Waals surface area contributed by atoms with Crippen molar-refractivity contribution >= 4 is 28.2 Å². The van der Waals surface area contributed by atoms with E-state index < -0.39 is 0 Å². The number of amides is 1. The molecule has 0 spiro atoms. The van der Waals surface area contributed by atoms with Gasteiger partial charge in [-0.15, -0.1) is 0 Å². The van der Waals surface area contributed by atoms with Crippen LogP contribution in [0.4, 0.5) is 0 Å². The molecule has 1 aliphatic rings. The van der Waals surface area contributed by atoms with E-state index in [0.29, 0.717) is 23.6 Å². The predicted octanol–water partition coefficient (Wildman–Crippen LogP) is 3.68. The number of ether oxygens (including phenoxy) is 1. The van der Waals surface area contributed by atoms with Crippen LogP contribution in [-0.4, -0.2) is 37.6 Å².